The molecule has 2 aliphatic carbocycles. The Morgan fingerprint density at radius 2 is 1.41 bits per heavy atom. The molecule has 1 saturated heterocycles. The van der Waals surface area contributed by atoms with Gasteiger partial charge in [-0.25, -0.2) is 0 Å². The fourth-order valence-electron chi connectivity index (χ4n) is 2.91. The zero-order valence-electron chi connectivity index (χ0n) is 12.1. The molecule has 2 saturated carbocycles. The molecule has 3 nitrogen and oxygen atoms in total. The van der Waals surface area contributed by atoms with E-state index >= 15 is 0 Å². The SMILES string of the molecule is CC.CC.CC.O=S1(=O)OC2CC3CC2C1C3. The predicted molar refractivity (Wildman–Crippen MR) is 72.5 cm³/mol. The molecule has 0 spiro atoms. The van der Waals surface area contributed by atoms with E-state index in [0.717, 1.165) is 19.3 Å². The molecule has 4 atom stereocenters. The van der Waals surface area contributed by atoms with Crippen LogP contribution in [0.15, 0.2) is 0 Å². The van der Waals surface area contributed by atoms with E-state index < -0.39 is 10.1 Å². The quantitative estimate of drug-likeness (QED) is 0.628. The summed E-state index contributed by atoms with van der Waals surface area (Å²) in [5.74, 6) is 0.997. The first-order valence-electron chi connectivity index (χ1n) is 7.09. The van der Waals surface area contributed by atoms with Crippen LogP contribution in [0.3, 0.4) is 0 Å². The molecule has 4 heteroatoms. The van der Waals surface area contributed by atoms with Crippen LogP contribution in [-0.2, 0) is 14.3 Å². The minimum atomic E-state index is -3.13. The Labute approximate surface area is 107 Å². The number of hydrogen-bond acceptors (Lipinski definition) is 3. The topological polar surface area (TPSA) is 43.4 Å². The Kier molecular flexibility index (Phi) is 7.33. The third-order valence-corrected chi connectivity index (χ3v) is 5.12. The Balaban J connectivity index is 0.000000379. The van der Waals surface area contributed by atoms with Crippen molar-refractivity contribution in [2.24, 2.45) is 11.8 Å². The van der Waals surface area contributed by atoms with E-state index in [1.165, 1.54) is 0 Å². The van der Waals surface area contributed by atoms with Gasteiger partial charge < -0.3 is 0 Å². The van der Waals surface area contributed by atoms with E-state index in [0.29, 0.717) is 11.8 Å². The van der Waals surface area contributed by atoms with Crippen LogP contribution in [0.1, 0.15) is 60.8 Å². The Bertz CT molecular complexity index is 296. The lowest BCUT2D eigenvalue weighted by Crippen LogP contribution is -2.21. The third-order valence-electron chi connectivity index (χ3n) is 3.32. The lowest BCUT2D eigenvalue weighted by Gasteiger charge is -2.11. The Morgan fingerprint density at radius 3 is 1.76 bits per heavy atom. The van der Waals surface area contributed by atoms with Crippen molar-refractivity contribution < 1.29 is 12.6 Å². The second kappa shape index (κ2) is 7.37. The lowest BCUT2D eigenvalue weighted by atomic mass is 9.98. The van der Waals surface area contributed by atoms with Gasteiger partial charge in [-0.3, -0.25) is 4.18 Å². The summed E-state index contributed by atoms with van der Waals surface area (Å²) in [6.45, 7) is 12.0. The first-order valence-corrected chi connectivity index (χ1v) is 8.56. The highest BCUT2D eigenvalue weighted by atomic mass is 32.2. The molecule has 1 heterocycles. The van der Waals surface area contributed by atoms with Gasteiger partial charge in [0.1, 0.15) is 0 Å². The molecule has 0 radical (unpaired) electrons. The normalized spacial score (nSPS) is 38.0. The highest BCUT2D eigenvalue weighted by Crippen LogP contribution is 2.54. The van der Waals surface area contributed by atoms with Crippen molar-refractivity contribution in [2.75, 3.05) is 0 Å². The Morgan fingerprint density at radius 1 is 0.882 bits per heavy atom. The summed E-state index contributed by atoms with van der Waals surface area (Å²) in [5.41, 5.74) is 0. The summed E-state index contributed by atoms with van der Waals surface area (Å²) in [4.78, 5) is 0. The zero-order chi connectivity index (χ0) is 13.6. The van der Waals surface area contributed by atoms with Crippen molar-refractivity contribution in [3.8, 4) is 0 Å². The standard InChI is InChI=1S/C7H10O3S.3C2H6/c8-11(9)7-3-4-1-5(7)6(2-4)10-11;3*1-2/h4-7H,1-3H2;3*1-2H3. The van der Waals surface area contributed by atoms with Crippen molar-refractivity contribution in [3.63, 3.8) is 0 Å². The number of fused-ring (bicyclic) bond motifs is 1. The van der Waals surface area contributed by atoms with Crippen molar-refractivity contribution in [1.29, 1.82) is 0 Å². The van der Waals surface area contributed by atoms with Gasteiger partial charge in [0.15, 0.2) is 0 Å². The third kappa shape index (κ3) is 3.22. The van der Waals surface area contributed by atoms with Crippen LogP contribution < -0.4 is 0 Å². The van der Waals surface area contributed by atoms with Gasteiger partial charge in [0.2, 0.25) is 0 Å². The summed E-state index contributed by atoms with van der Waals surface area (Å²) < 4.78 is 27.5. The van der Waals surface area contributed by atoms with Crippen LogP contribution in [0.2, 0.25) is 0 Å². The summed E-state index contributed by atoms with van der Waals surface area (Å²) in [6, 6.07) is 0. The maximum atomic E-state index is 11.3. The maximum Gasteiger partial charge on any atom is 0.270 e. The van der Waals surface area contributed by atoms with Crippen LogP contribution in [0, 0.1) is 11.8 Å². The molecule has 3 rings (SSSR count). The molecule has 3 aliphatic rings. The van der Waals surface area contributed by atoms with E-state index in [4.69, 9.17) is 4.18 Å². The van der Waals surface area contributed by atoms with Gasteiger partial charge in [0, 0.05) is 5.92 Å². The van der Waals surface area contributed by atoms with E-state index in [9.17, 15) is 8.42 Å². The van der Waals surface area contributed by atoms with Crippen LogP contribution >= 0.6 is 0 Å². The number of rotatable bonds is 0. The molecule has 104 valence electrons. The molecule has 0 amide bonds. The van der Waals surface area contributed by atoms with Gasteiger partial charge in [0.05, 0.1) is 11.4 Å². The van der Waals surface area contributed by atoms with Crippen molar-refractivity contribution in [1.82, 2.24) is 0 Å². The molecule has 1 aliphatic heterocycles. The molecule has 4 unspecified atom stereocenters. The second-order valence-corrected chi connectivity index (χ2v) is 5.69. The highest BCUT2D eigenvalue weighted by Gasteiger charge is 2.59. The summed E-state index contributed by atoms with van der Waals surface area (Å²) in [5, 5.41) is -0.133. The molecule has 17 heavy (non-hydrogen) atoms. The summed E-state index contributed by atoms with van der Waals surface area (Å²) >= 11 is 0. The minimum absolute atomic E-state index is 0.0590. The van der Waals surface area contributed by atoms with E-state index in [1.54, 1.807) is 0 Å². The van der Waals surface area contributed by atoms with Gasteiger partial charge in [-0.1, -0.05) is 41.5 Å². The van der Waals surface area contributed by atoms with Gasteiger partial charge in [0.25, 0.3) is 10.1 Å². The molecule has 0 aromatic carbocycles. The average molecular weight is 264 g/mol. The van der Waals surface area contributed by atoms with Crippen LogP contribution in [0.4, 0.5) is 0 Å². The van der Waals surface area contributed by atoms with Crippen LogP contribution in [-0.4, -0.2) is 19.8 Å². The Hall–Kier alpha value is -0.0900. The fraction of sp³-hybridized carbons (Fsp3) is 1.00. The molecular formula is C13H28O3S. The fourth-order valence-corrected chi connectivity index (χ4v) is 4.84. The molecule has 0 aromatic heterocycles. The predicted octanol–water partition coefficient (Wildman–Crippen LogP) is 3.59. The largest absolute Gasteiger partial charge is 0.270 e. The van der Waals surface area contributed by atoms with Gasteiger partial charge in [-0.2, -0.15) is 8.42 Å². The second-order valence-electron chi connectivity index (χ2n) is 3.90. The van der Waals surface area contributed by atoms with Crippen molar-refractivity contribution in [2.45, 2.75) is 72.2 Å². The van der Waals surface area contributed by atoms with E-state index in [1.807, 2.05) is 41.5 Å². The van der Waals surface area contributed by atoms with Crippen LogP contribution in [0.25, 0.3) is 0 Å². The smallest absolute Gasteiger partial charge is 0.266 e. The first-order chi connectivity index (χ1) is 8.17. The lowest BCUT2D eigenvalue weighted by molar-refractivity contribution is 0.196. The first kappa shape index (κ1) is 16.9. The number of hydrogen-bond donors (Lipinski definition) is 0. The van der Waals surface area contributed by atoms with Gasteiger partial charge in [-0.15, -0.1) is 0 Å². The molecule has 0 aromatic rings. The highest BCUT2D eigenvalue weighted by molar-refractivity contribution is 7.87. The molecule has 0 N–H and O–H groups in total. The maximum absolute atomic E-state index is 11.3. The minimum Gasteiger partial charge on any atom is -0.266 e. The van der Waals surface area contributed by atoms with Crippen LogP contribution in [0.5, 0.6) is 0 Å². The summed E-state index contributed by atoms with van der Waals surface area (Å²) in [6.07, 6.45) is 3.00. The van der Waals surface area contributed by atoms with E-state index in [2.05, 4.69) is 0 Å². The van der Waals surface area contributed by atoms with Crippen molar-refractivity contribution in [3.05, 3.63) is 0 Å². The van der Waals surface area contributed by atoms with Gasteiger partial charge in [-0.05, 0) is 25.2 Å². The summed E-state index contributed by atoms with van der Waals surface area (Å²) in [7, 11) is -3.13. The van der Waals surface area contributed by atoms with E-state index in [-0.39, 0.29) is 11.4 Å². The molecular weight excluding hydrogens is 236 g/mol. The molecule has 2 bridgehead atoms. The average Bonchev–Trinajstić information content (AvgIpc) is 2.98. The monoisotopic (exact) mass is 264 g/mol. The zero-order valence-corrected chi connectivity index (χ0v) is 12.9. The molecule has 3 fully saturated rings. The van der Waals surface area contributed by atoms with Crippen molar-refractivity contribution >= 4 is 10.1 Å². The van der Waals surface area contributed by atoms with Gasteiger partial charge >= 0.3 is 0 Å².